The van der Waals surface area contributed by atoms with Gasteiger partial charge in [-0.2, -0.15) is 0 Å². The van der Waals surface area contributed by atoms with Crippen molar-refractivity contribution in [2.45, 2.75) is 68.4 Å². The molecule has 0 spiro atoms. The molecule has 0 radical (unpaired) electrons. The number of ether oxygens (including phenoxy) is 3. The Bertz CT molecular complexity index is 1300. The van der Waals surface area contributed by atoms with Gasteiger partial charge in [0, 0.05) is 18.5 Å². The minimum Gasteiger partial charge on any atom is -0.477 e. The number of phosphoric ester groups is 1. The largest absolute Gasteiger partial charge is 0.477 e. The summed E-state index contributed by atoms with van der Waals surface area (Å²) in [6.45, 7) is -2.68. The lowest BCUT2D eigenvalue weighted by Gasteiger charge is -2.46. The van der Waals surface area contributed by atoms with Gasteiger partial charge in [0.05, 0.1) is 51.1 Å². The van der Waals surface area contributed by atoms with Crippen LogP contribution < -0.4 is 10.6 Å². The number of carbonyl (C=O) groups is 3. The highest BCUT2D eigenvalue weighted by molar-refractivity contribution is 7.47. The van der Waals surface area contributed by atoms with Crippen LogP contribution in [0.3, 0.4) is 0 Å². The molecular formula is C29H41F2N2O15P. The Morgan fingerprint density at radius 3 is 2.35 bits per heavy atom. The van der Waals surface area contributed by atoms with Gasteiger partial charge >= 0.3 is 13.8 Å². The molecule has 0 saturated carbocycles. The normalized spacial score (nSPS) is 23.2. The van der Waals surface area contributed by atoms with Crippen molar-refractivity contribution >= 4 is 25.6 Å². The van der Waals surface area contributed by atoms with Crippen LogP contribution in [0, 0.1) is 12.3 Å². The lowest BCUT2D eigenvalue weighted by molar-refractivity contribution is -0.310. The van der Waals surface area contributed by atoms with Crippen molar-refractivity contribution in [3.63, 3.8) is 0 Å². The second kappa shape index (κ2) is 20.5. The Kier molecular flexibility index (Phi) is 17.6. The quantitative estimate of drug-likeness (QED) is 0.0405. The SMILES string of the molecule is C#CCOCCOP(=O)(O)OCCCCO[C@]1(C(=O)O)C[C@H](O)[C@@H](NC(=O)CO)[C@H]([C@H](O)[C@H](O)CNC(=O)Cc2ccc(C(F)F)cc2)O1. The maximum atomic E-state index is 12.8. The molecule has 2 rings (SSSR count). The molecule has 1 saturated heterocycles. The Morgan fingerprint density at radius 2 is 1.73 bits per heavy atom. The van der Waals surface area contributed by atoms with Crippen LogP contribution in [0.4, 0.5) is 8.78 Å². The third-order valence-corrected chi connectivity index (χ3v) is 8.02. The van der Waals surface area contributed by atoms with Gasteiger partial charge < -0.3 is 55.3 Å². The van der Waals surface area contributed by atoms with E-state index in [4.69, 9.17) is 29.7 Å². The molecule has 276 valence electrons. The summed E-state index contributed by atoms with van der Waals surface area (Å²) in [6, 6.07) is 3.37. The van der Waals surface area contributed by atoms with Crippen molar-refractivity contribution in [3.8, 4) is 12.3 Å². The van der Waals surface area contributed by atoms with Gasteiger partial charge in [0.1, 0.15) is 25.4 Å². The summed E-state index contributed by atoms with van der Waals surface area (Å²) in [7, 11) is -4.42. The lowest BCUT2D eigenvalue weighted by Crippen LogP contribution is -2.68. The van der Waals surface area contributed by atoms with Gasteiger partial charge in [0.25, 0.3) is 12.2 Å². The molecule has 1 aromatic carbocycles. The van der Waals surface area contributed by atoms with E-state index < -0.39 is 87.8 Å². The Balaban J connectivity index is 2.01. The van der Waals surface area contributed by atoms with E-state index in [0.717, 1.165) is 12.1 Å². The number of alkyl halides is 2. The van der Waals surface area contributed by atoms with E-state index >= 15 is 0 Å². The minimum atomic E-state index is -4.42. The summed E-state index contributed by atoms with van der Waals surface area (Å²) in [4.78, 5) is 46.4. The van der Waals surface area contributed by atoms with Gasteiger partial charge in [-0.3, -0.25) is 18.6 Å². The number of unbranched alkanes of at least 4 members (excludes halogenated alkanes) is 1. The molecule has 1 aliphatic heterocycles. The van der Waals surface area contributed by atoms with Crippen LogP contribution in [0.1, 0.15) is 36.8 Å². The molecule has 1 unspecified atom stereocenters. The van der Waals surface area contributed by atoms with Crippen molar-refractivity contribution in [2.24, 2.45) is 0 Å². The second-order valence-corrected chi connectivity index (χ2v) is 12.1. The number of phosphoric acid groups is 1. The zero-order valence-electron chi connectivity index (χ0n) is 26.2. The van der Waals surface area contributed by atoms with Gasteiger partial charge in [-0.1, -0.05) is 30.2 Å². The maximum Gasteiger partial charge on any atom is 0.472 e. The first-order valence-corrected chi connectivity index (χ1v) is 16.4. The fraction of sp³-hybridized carbons (Fsp3) is 0.621. The van der Waals surface area contributed by atoms with Crippen molar-refractivity contribution in [2.75, 3.05) is 46.2 Å². The molecule has 0 aliphatic carbocycles. The number of terminal acetylenes is 1. The summed E-state index contributed by atoms with van der Waals surface area (Å²) in [5.74, 6) is -3.85. The van der Waals surface area contributed by atoms with Gasteiger partial charge in [-0.25, -0.2) is 18.1 Å². The number of hydrogen-bond donors (Lipinski definition) is 8. The number of amides is 2. The van der Waals surface area contributed by atoms with Gasteiger partial charge in [-0.05, 0) is 18.4 Å². The van der Waals surface area contributed by atoms with Crippen LogP contribution in [-0.4, -0.2) is 131 Å². The summed E-state index contributed by atoms with van der Waals surface area (Å²) >= 11 is 0. The van der Waals surface area contributed by atoms with Gasteiger partial charge in [0.2, 0.25) is 11.8 Å². The first-order chi connectivity index (χ1) is 23.1. The topological polar surface area (TPSA) is 260 Å². The van der Waals surface area contributed by atoms with Crippen molar-refractivity contribution in [1.29, 1.82) is 0 Å². The monoisotopic (exact) mass is 726 g/mol. The number of carboxylic acids is 1. The number of aliphatic carboxylic acids is 1. The zero-order chi connectivity index (χ0) is 36.6. The molecule has 17 nitrogen and oxygen atoms in total. The van der Waals surface area contributed by atoms with Crippen LogP contribution in [0.25, 0.3) is 0 Å². The molecule has 0 bridgehead atoms. The van der Waals surface area contributed by atoms with Gasteiger partial charge in [-0.15, -0.1) is 6.42 Å². The molecule has 1 aromatic rings. The van der Waals surface area contributed by atoms with Crippen LogP contribution >= 0.6 is 7.82 Å². The van der Waals surface area contributed by atoms with E-state index in [1.807, 2.05) is 0 Å². The number of aliphatic hydroxyl groups excluding tert-OH is 4. The molecular weight excluding hydrogens is 685 g/mol. The number of halogens is 2. The van der Waals surface area contributed by atoms with E-state index in [1.165, 1.54) is 12.1 Å². The zero-order valence-corrected chi connectivity index (χ0v) is 27.1. The fourth-order valence-electron chi connectivity index (χ4n) is 4.53. The summed E-state index contributed by atoms with van der Waals surface area (Å²) in [6.07, 6.45) is -6.18. The molecule has 20 heteroatoms. The Labute approximate surface area is 280 Å². The van der Waals surface area contributed by atoms with E-state index in [9.17, 15) is 58.2 Å². The average molecular weight is 727 g/mol. The standard InChI is InChI=1S/C29H41F2N2O15P/c1-2-9-44-12-13-47-49(42,43)46-11-4-3-10-45-29(28(40)41)15-20(35)24(33-23(38)17-34)26(48-29)25(39)21(36)16-32-22(37)14-18-5-7-19(8-6-18)27(30)31/h1,5-8,20-21,24-27,34-36,39H,3-4,9-17H2,(H,32,37)(H,33,38)(H,40,41)(H,42,43)/t20-,21+,24+,25+,26+,29+/m0/s1. The molecule has 1 fully saturated rings. The maximum absolute atomic E-state index is 12.8. The van der Waals surface area contributed by atoms with Crippen LogP contribution in [0.2, 0.25) is 0 Å². The minimum absolute atomic E-state index is 0.0129. The highest BCUT2D eigenvalue weighted by Gasteiger charge is 2.55. The third kappa shape index (κ3) is 14.0. The van der Waals surface area contributed by atoms with E-state index in [1.54, 1.807) is 0 Å². The number of rotatable bonds is 22. The number of hydrogen-bond acceptors (Lipinski definition) is 13. The smallest absolute Gasteiger partial charge is 0.472 e. The summed E-state index contributed by atoms with van der Waals surface area (Å²) in [5.41, 5.74) is 0.132. The number of carbonyl (C=O) groups excluding carboxylic acids is 2. The first-order valence-electron chi connectivity index (χ1n) is 14.9. The summed E-state index contributed by atoms with van der Waals surface area (Å²) < 4.78 is 62.9. The number of carboxylic acid groups (broad SMARTS) is 1. The number of benzene rings is 1. The van der Waals surface area contributed by atoms with E-state index in [2.05, 4.69) is 16.6 Å². The van der Waals surface area contributed by atoms with Crippen molar-refractivity contribution in [3.05, 3.63) is 35.4 Å². The van der Waals surface area contributed by atoms with E-state index in [0.29, 0.717) is 5.56 Å². The molecule has 1 heterocycles. The Morgan fingerprint density at radius 1 is 1.08 bits per heavy atom. The first kappa shape index (κ1) is 42.0. The van der Waals surface area contributed by atoms with Crippen molar-refractivity contribution < 1.29 is 81.4 Å². The average Bonchev–Trinajstić information content (AvgIpc) is 3.05. The van der Waals surface area contributed by atoms with Crippen molar-refractivity contribution in [1.82, 2.24) is 10.6 Å². The molecule has 49 heavy (non-hydrogen) atoms. The van der Waals surface area contributed by atoms with Crippen LogP contribution in [-0.2, 0) is 48.6 Å². The number of nitrogens with one attached hydrogen (secondary N) is 2. The lowest BCUT2D eigenvalue weighted by atomic mass is 9.88. The predicted octanol–water partition coefficient (Wildman–Crippen LogP) is -1.01. The second-order valence-electron chi connectivity index (χ2n) is 10.7. The molecule has 2 amide bonds. The highest BCUT2D eigenvalue weighted by atomic mass is 31.2. The van der Waals surface area contributed by atoms with Crippen LogP contribution in [0.5, 0.6) is 0 Å². The summed E-state index contributed by atoms with van der Waals surface area (Å²) in [5, 5.41) is 56.2. The molecule has 1 aliphatic rings. The Hall–Kier alpha value is -3.12. The highest BCUT2D eigenvalue weighted by Crippen LogP contribution is 2.43. The predicted molar refractivity (Wildman–Crippen MR) is 162 cm³/mol. The van der Waals surface area contributed by atoms with Gasteiger partial charge in [0.15, 0.2) is 0 Å². The van der Waals surface area contributed by atoms with E-state index in [-0.39, 0.29) is 57.9 Å². The van der Waals surface area contributed by atoms with Crippen LogP contribution in [0.15, 0.2) is 24.3 Å². The fourth-order valence-corrected chi connectivity index (χ4v) is 5.27. The number of aliphatic hydroxyl groups is 4. The molecule has 8 N–H and O–H groups in total. The third-order valence-electron chi connectivity index (χ3n) is 7.00. The molecule has 7 atom stereocenters. The molecule has 0 aromatic heterocycles.